The van der Waals surface area contributed by atoms with E-state index in [1.807, 2.05) is 19.1 Å². The molecule has 0 radical (unpaired) electrons. The summed E-state index contributed by atoms with van der Waals surface area (Å²) in [5, 5.41) is 7.90. The Bertz CT molecular complexity index is 547. The maximum absolute atomic E-state index is 13.4. The summed E-state index contributed by atoms with van der Waals surface area (Å²) in [6, 6.07) is 5.55. The van der Waals surface area contributed by atoms with Gasteiger partial charge in [-0.1, -0.05) is 19.1 Å². The molecular weight excluding hydrogens is 257 g/mol. The number of halogens is 1. The molecule has 1 unspecified atom stereocenters. The number of benzene rings is 1. The zero-order valence-corrected chi connectivity index (χ0v) is 12.5. The van der Waals surface area contributed by atoms with Crippen LogP contribution < -0.4 is 5.32 Å². The molecule has 0 bridgehead atoms. The van der Waals surface area contributed by atoms with Crippen molar-refractivity contribution in [2.24, 2.45) is 0 Å². The number of nitrogens with one attached hydrogen (secondary N) is 1. The maximum Gasteiger partial charge on any atom is 0.126 e. The Labute approximate surface area is 118 Å². The Morgan fingerprint density at radius 1 is 1.21 bits per heavy atom. The van der Waals surface area contributed by atoms with Crippen LogP contribution in [0.4, 0.5) is 4.39 Å². The second kappa shape index (κ2) is 6.31. The smallest absolute Gasteiger partial charge is 0.126 e. The Balaban J connectivity index is 2.37. The predicted octanol–water partition coefficient (Wildman–Crippen LogP) is 4.59. The minimum atomic E-state index is -0.139. The number of hydrogen-bond donors (Lipinski definition) is 1. The van der Waals surface area contributed by atoms with Gasteiger partial charge in [0.05, 0.1) is 6.04 Å². The van der Waals surface area contributed by atoms with Crippen molar-refractivity contribution in [1.82, 2.24) is 5.32 Å². The van der Waals surface area contributed by atoms with Crippen molar-refractivity contribution >= 4 is 11.3 Å². The van der Waals surface area contributed by atoms with E-state index >= 15 is 0 Å². The zero-order valence-electron chi connectivity index (χ0n) is 11.7. The largest absolute Gasteiger partial charge is 0.306 e. The number of hydrogen-bond acceptors (Lipinski definition) is 2. The normalized spacial score (nSPS) is 12.6. The van der Waals surface area contributed by atoms with Gasteiger partial charge in [-0.25, -0.2) is 4.39 Å². The van der Waals surface area contributed by atoms with E-state index in [4.69, 9.17) is 0 Å². The van der Waals surface area contributed by atoms with Gasteiger partial charge in [-0.05, 0) is 65.9 Å². The van der Waals surface area contributed by atoms with Crippen LogP contribution in [-0.4, -0.2) is 6.54 Å². The Morgan fingerprint density at radius 2 is 2.00 bits per heavy atom. The van der Waals surface area contributed by atoms with E-state index in [9.17, 15) is 4.39 Å². The van der Waals surface area contributed by atoms with Gasteiger partial charge >= 0.3 is 0 Å². The Morgan fingerprint density at radius 3 is 2.58 bits per heavy atom. The molecule has 1 aromatic carbocycles. The summed E-state index contributed by atoms with van der Waals surface area (Å²) in [6.45, 7) is 7.05. The zero-order chi connectivity index (χ0) is 13.8. The second-order valence-electron chi connectivity index (χ2n) is 4.91. The molecule has 0 aliphatic heterocycles. The van der Waals surface area contributed by atoms with Crippen LogP contribution in [0.25, 0.3) is 0 Å². The molecular formula is C16H20FNS. The van der Waals surface area contributed by atoms with Crippen LogP contribution in [0.15, 0.2) is 29.0 Å². The van der Waals surface area contributed by atoms with Crippen molar-refractivity contribution < 1.29 is 4.39 Å². The highest BCUT2D eigenvalue weighted by Crippen LogP contribution is 2.28. The lowest BCUT2D eigenvalue weighted by Crippen LogP contribution is -2.23. The summed E-state index contributed by atoms with van der Waals surface area (Å²) in [4.78, 5) is 0. The molecule has 0 spiro atoms. The predicted molar refractivity (Wildman–Crippen MR) is 80.3 cm³/mol. The van der Waals surface area contributed by atoms with Crippen molar-refractivity contribution in [3.05, 3.63) is 57.0 Å². The molecule has 1 aromatic heterocycles. The third kappa shape index (κ3) is 3.23. The average Bonchev–Trinajstić information content (AvgIpc) is 2.80. The first-order chi connectivity index (χ1) is 9.13. The fourth-order valence-electron chi connectivity index (χ4n) is 2.21. The highest BCUT2D eigenvalue weighted by molar-refractivity contribution is 7.08. The van der Waals surface area contributed by atoms with Crippen LogP contribution in [-0.2, 0) is 0 Å². The Kier molecular flexibility index (Phi) is 4.72. The van der Waals surface area contributed by atoms with Crippen LogP contribution in [0.5, 0.6) is 0 Å². The van der Waals surface area contributed by atoms with Crippen LogP contribution >= 0.6 is 11.3 Å². The van der Waals surface area contributed by atoms with Gasteiger partial charge in [0.1, 0.15) is 5.82 Å². The summed E-state index contributed by atoms with van der Waals surface area (Å²) < 4.78 is 13.4. The third-order valence-electron chi connectivity index (χ3n) is 3.32. The lowest BCUT2D eigenvalue weighted by Gasteiger charge is -2.20. The van der Waals surface area contributed by atoms with Crippen molar-refractivity contribution in [2.45, 2.75) is 33.2 Å². The SMILES string of the molecule is CCCNC(c1ccc(F)c(C)c1)c1cscc1C. The van der Waals surface area contributed by atoms with Gasteiger partial charge in [0.2, 0.25) is 0 Å². The molecule has 0 saturated heterocycles. The van der Waals surface area contributed by atoms with Gasteiger partial charge in [-0.3, -0.25) is 0 Å². The van der Waals surface area contributed by atoms with Gasteiger partial charge in [-0.2, -0.15) is 11.3 Å². The number of aryl methyl sites for hydroxylation is 2. The van der Waals surface area contributed by atoms with Gasteiger partial charge < -0.3 is 5.32 Å². The van der Waals surface area contributed by atoms with E-state index in [0.29, 0.717) is 5.56 Å². The summed E-state index contributed by atoms with van der Waals surface area (Å²) >= 11 is 1.72. The quantitative estimate of drug-likeness (QED) is 0.842. The molecule has 2 rings (SSSR count). The summed E-state index contributed by atoms with van der Waals surface area (Å²) in [5.41, 5.74) is 4.42. The standard InChI is InChI=1S/C16H20FNS/c1-4-7-18-16(14-10-19-9-12(14)3)13-5-6-15(17)11(2)8-13/h5-6,8-10,16,18H,4,7H2,1-3H3. The molecule has 1 atom stereocenters. The number of thiophene rings is 1. The van der Waals surface area contributed by atoms with Gasteiger partial charge in [0.25, 0.3) is 0 Å². The summed E-state index contributed by atoms with van der Waals surface area (Å²) in [5.74, 6) is -0.139. The van der Waals surface area contributed by atoms with Crippen molar-refractivity contribution in [3.8, 4) is 0 Å². The van der Waals surface area contributed by atoms with E-state index in [1.165, 1.54) is 11.1 Å². The minimum absolute atomic E-state index is 0.139. The highest BCUT2D eigenvalue weighted by Gasteiger charge is 2.16. The molecule has 1 heterocycles. The van der Waals surface area contributed by atoms with Gasteiger partial charge in [0, 0.05) is 0 Å². The van der Waals surface area contributed by atoms with Crippen LogP contribution in [0.3, 0.4) is 0 Å². The van der Waals surface area contributed by atoms with Crippen LogP contribution in [0.1, 0.15) is 41.6 Å². The lowest BCUT2D eigenvalue weighted by atomic mass is 9.97. The van der Waals surface area contributed by atoms with E-state index in [2.05, 4.69) is 29.9 Å². The van der Waals surface area contributed by atoms with Gasteiger partial charge in [-0.15, -0.1) is 0 Å². The molecule has 102 valence electrons. The molecule has 0 saturated carbocycles. The maximum atomic E-state index is 13.4. The molecule has 0 amide bonds. The third-order valence-corrected chi connectivity index (χ3v) is 4.20. The first-order valence-corrected chi connectivity index (χ1v) is 7.60. The molecule has 0 aliphatic rings. The number of rotatable bonds is 5. The van der Waals surface area contributed by atoms with Gasteiger partial charge in [0.15, 0.2) is 0 Å². The minimum Gasteiger partial charge on any atom is -0.306 e. The van der Waals surface area contributed by atoms with Crippen LogP contribution in [0.2, 0.25) is 0 Å². The Hall–Kier alpha value is -1.19. The van der Waals surface area contributed by atoms with Crippen molar-refractivity contribution in [2.75, 3.05) is 6.54 Å². The highest BCUT2D eigenvalue weighted by atomic mass is 32.1. The molecule has 2 aromatic rings. The summed E-state index contributed by atoms with van der Waals surface area (Å²) in [7, 11) is 0. The monoisotopic (exact) mass is 277 g/mol. The van der Waals surface area contributed by atoms with E-state index in [1.54, 1.807) is 17.4 Å². The first kappa shape index (κ1) is 14.2. The topological polar surface area (TPSA) is 12.0 Å². The molecule has 3 heteroatoms. The summed E-state index contributed by atoms with van der Waals surface area (Å²) in [6.07, 6.45) is 1.08. The second-order valence-corrected chi connectivity index (χ2v) is 5.65. The molecule has 19 heavy (non-hydrogen) atoms. The van der Waals surface area contributed by atoms with Crippen molar-refractivity contribution in [1.29, 1.82) is 0 Å². The molecule has 0 aliphatic carbocycles. The van der Waals surface area contributed by atoms with E-state index in [0.717, 1.165) is 18.5 Å². The first-order valence-electron chi connectivity index (χ1n) is 6.65. The average molecular weight is 277 g/mol. The molecule has 1 N–H and O–H groups in total. The fraction of sp³-hybridized carbons (Fsp3) is 0.375. The molecule has 1 nitrogen and oxygen atoms in total. The lowest BCUT2D eigenvalue weighted by molar-refractivity contribution is 0.589. The van der Waals surface area contributed by atoms with E-state index in [-0.39, 0.29) is 11.9 Å². The molecule has 0 fully saturated rings. The van der Waals surface area contributed by atoms with Crippen molar-refractivity contribution in [3.63, 3.8) is 0 Å². The van der Waals surface area contributed by atoms with Crippen LogP contribution in [0, 0.1) is 19.7 Å². The van der Waals surface area contributed by atoms with E-state index < -0.39 is 0 Å². The fourth-order valence-corrected chi connectivity index (χ4v) is 3.09.